The summed E-state index contributed by atoms with van der Waals surface area (Å²) in [6.07, 6.45) is 5.52. The Morgan fingerprint density at radius 2 is 2.00 bits per heavy atom. The van der Waals surface area contributed by atoms with Crippen molar-refractivity contribution in [2.24, 2.45) is 0 Å². The fraction of sp³-hybridized carbons (Fsp3) is 0.227. The summed E-state index contributed by atoms with van der Waals surface area (Å²) in [5.41, 5.74) is 5.86. The summed E-state index contributed by atoms with van der Waals surface area (Å²) in [5.74, 6) is 0.220. The van der Waals surface area contributed by atoms with Gasteiger partial charge in [-0.2, -0.15) is 0 Å². The molecule has 0 unspecified atom stereocenters. The standard InChI is InChI=1S/C22H25NO2/c1-7-19(8-2)23-13-17(6)21(22(23)25)16(5)11-15(4)18-10-9-14(3)20(24)12-18/h7-12,24H,1,6,13H2,2-5H3. The molecule has 130 valence electrons. The first-order chi connectivity index (χ1) is 11.8. The van der Waals surface area contributed by atoms with Crippen molar-refractivity contribution in [3.05, 3.63) is 83.1 Å². The third-order valence-electron chi connectivity index (χ3n) is 4.47. The molecule has 0 saturated carbocycles. The average molecular weight is 335 g/mol. The van der Waals surface area contributed by atoms with Gasteiger partial charge in [0.2, 0.25) is 0 Å². The second kappa shape index (κ2) is 7.39. The molecule has 1 aromatic rings. The lowest BCUT2D eigenvalue weighted by Crippen LogP contribution is -2.23. The zero-order valence-electron chi connectivity index (χ0n) is 15.4. The predicted octanol–water partition coefficient (Wildman–Crippen LogP) is 4.91. The lowest BCUT2D eigenvalue weighted by atomic mass is 9.99. The fourth-order valence-electron chi connectivity index (χ4n) is 3.00. The van der Waals surface area contributed by atoms with Gasteiger partial charge >= 0.3 is 0 Å². The van der Waals surface area contributed by atoms with E-state index in [2.05, 4.69) is 13.2 Å². The smallest absolute Gasteiger partial charge is 0.259 e. The average Bonchev–Trinajstić information content (AvgIpc) is 2.86. The molecule has 3 heteroatoms. The van der Waals surface area contributed by atoms with Crippen molar-refractivity contribution >= 4 is 11.5 Å². The maximum atomic E-state index is 12.8. The largest absolute Gasteiger partial charge is 0.508 e. The van der Waals surface area contributed by atoms with Crippen LogP contribution in [0.1, 0.15) is 31.9 Å². The first kappa shape index (κ1) is 18.5. The van der Waals surface area contributed by atoms with Crippen LogP contribution in [0.5, 0.6) is 5.75 Å². The molecular formula is C22H25NO2. The van der Waals surface area contributed by atoms with E-state index in [0.29, 0.717) is 12.1 Å². The van der Waals surface area contributed by atoms with Crippen molar-refractivity contribution in [3.8, 4) is 5.75 Å². The lowest BCUT2D eigenvalue weighted by molar-refractivity contribution is -0.123. The highest BCUT2D eigenvalue weighted by atomic mass is 16.3. The van der Waals surface area contributed by atoms with E-state index in [-0.39, 0.29) is 11.7 Å². The number of aromatic hydroxyl groups is 1. The van der Waals surface area contributed by atoms with Crippen molar-refractivity contribution in [2.45, 2.75) is 27.7 Å². The number of benzene rings is 1. The van der Waals surface area contributed by atoms with Crippen molar-refractivity contribution < 1.29 is 9.90 Å². The number of amides is 1. The monoisotopic (exact) mass is 335 g/mol. The van der Waals surface area contributed by atoms with Crippen molar-refractivity contribution in [3.63, 3.8) is 0 Å². The highest BCUT2D eigenvalue weighted by molar-refractivity contribution is 6.03. The minimum absolute atomic E-state index is 0.0497. The quantitative estimate of drug-likeness (QED) is 0.627. The van der Waals surface area contributed by atoms with Gasteiger partial charge in [0.25, 0.3) is 5.91 Å². The molecule has 0 atom stereocenters. The maximum absolute atomic E-state index is 12.8. The number of hydrogen-bond donors (Lipinski definition) is 1. The summed E-state index contributed by atoms with van der Waals surface area (Å²) in [7, 11) is 0. The molecule has 1 aromatic carbocycles. The highest BCUT2D eigenvalue weighted by Gasteiger charge is 2.31. The van der Waals surface area contributed by atoms with E-state index in [1.807, 2.05) is 52.0 Å². The molecule has 0 aromatic heterocycles. The Morgan fingerprint density at radius 1 is 1.32 bits per heavy atom. The number of rotatable bonds is 4. The van der Waals surface area contributed by atoms with Crippen LogP contribution in [-0.4, -0.2) is 22.5 Å². The molecule has 0 aliphatic carbocycles. The molecule has 1 saturated heterocycles. The van der Waals surface area contributed by atoms with Gasteiger partial charge in [-0.15, -0.1) is 0 Å². The van der Waals surface area contributed by atoms with Crippen LogP contribution in [0.3, 0.4) is 0 Å². The molecule has 2 rings (SSSR count). The molecule has 25 heavy (non-hydrogen) atoms. The van der Waals surface area contributed by atoms with Gasteiger partial charge in [0.1, 0.15) is 5.75 Å². The van der Waals surface area contributed by atoms with E-state index in [1.165, 1.54) is 0 Å². The molecule has 0 bridgehead atoms. The van der Waals surface area contributed by atoms with Gasteiger partial charge in [0, 0.05) is 11.3 Å². The number of nitrogens with zero attached hydrogens (tertiary/aromatic N) is 1. The van der Waals surface area contributed by atoms with Crippen LogP contribution in [0.4, 0.5) is 0 Å². The lowest BCUT2D eigenvalue weighted by Gasteiger charge is -2.15. The topological polar surface area (TPSA) is 40.5 Å². The van der Waals surface area contributed by atoms with Gasteiger partial charge < -0.3 is 10.0 Å². The van der Waals surface area contributed by atoms with Crippen LogP contribution >= 0.6 is 0 Å². The number of phenols is 1. The Morgan fingerprint density at radius 3 is 2.56 bits per heavy atom. The highest BCUT2D eigenvalue weighted by Crippen LogP contribution is 2.30. The zero-order chi connectivity index (χ0) is 18.7. The van der Waals surface area contributed by atoms with Crippen LogP contribution in [0, 0.1) is 6.92 Å². The van der Waals surface area contributed by atoms with E-state index in [0.717, 1.165) is 33.5 Å². The van der Waals surface area contributed by atoms with Crippen LogP contribution in [0.15, 0.2) is 72.0 Å². The number of carbonyl (C=O) groups is 1. The number of allylic oxidation sites excluding steroid dienone is 5. The van der Waals surface area contributed by atoms with Gasteiger partial charge in [-0.25, -0.2) is 0 Å². The molecule has 0 spiro atoms. The number of hydrogen-bond acceptors (Lipinski definition) is 2. The SMILES string of the molecule is C=CC(=CC)N1CC(=C)C(=C(C)C=C(C)c2ccc(C)c(O)c2)C1=O. The molecule has 0 radical (unpaired) electrons. The van der Waals surface area contributed by atoms with E-state index >= 15 is 0 Å². The van der Waals surface area contributed by atoms with E-state index < -0.39 is 0 Å². The molecule has 1 heterocycles. The fourth-order valence-corrected chi connectivity index (χ4v) is 3.00. The maximum Gasteiger partial charge on any atom is 0.259 e. The first-order valence-corrected chi connectivity index (χ1v) is 8.28. The minimum Gasteiger partial charge on any atom is -0.508 e. The summed E-state index contributed by atoms with van der Waals surface area (Å²) >= 11 is 0. The Kier molecular flexibility index (Phi) is 5.48. The molecule has 3 nitrogen and oxygen atoms in total. The summed E-state index contributed by atoms with van der Waals surface area (Å²) in [5, 5.41) is 9.90. The second-order valence-corrected chi connectivity index (χ2v) is 6.30. The molecule has 1 aliphatic rings. The van der Waals surface area contributed by atoms with Gasteiger partial charge in [-0.3, -0.25) is 4.79 Å². The van der Waals surface area contributed by atoms with E-state index in [4.69, 9.17) is 0 Å². The summed E-state index contributed by atoms with van der Waals surface area (Å²) < 4.78 is 0. The van der Waals surface area contributed by atoms with E-state index in [9.17, 15) is 9.90 Å². The summed E-state index contributed by atoms with van der Waals surface area (Å²) in [6, 6.07) is 5.59. The van der Waals surface area contributed by atoms with E-state index in [1.54, 1.807) is 17.0 Å². The number of aryl methyl sites for hydroxylation is 1. The molecule has 1 fully saturated rings. The molecular weight excluding hydrogens is 310 g/mol. The van der Waals surface area contributed by atoms with Crippen molar-refractivity contribution in [1.29, 1.82) is 0 Å². The van der Waals surface area contributed by atoms with Crippen molar-refractivity contribution in [1.82, 2.24) is 4.90 Å². The Balaban J connectivity index is 2.41. The molecule has 1 amide bonds. The summed E-state index contributed by atoms with van der Waals surface area (Å²) in [4.78, 5) is 14.5. The first-order valence-electron chi connectivity index (χ1n) is 8.28. The van der Waals surface area contributed by atoms with Crippen molar-refractivity contribution in [2.75, 3.05) is 6.54 Å². The third kappa shape index (κ3) is 3.66. The van der Waals surface area contributed by atoms with Gasteiger partial charge in [0.05, 0.1) is 6.54 Å². The molecule has 1 N–H and O–H groups in total. The van der Waals surface area contributed by atoms with Gasteiger partial charge in [0.15, 0.2) is 0 Å². The second-order valence-electron chi connectivity index (χ2n) is 6.30. The Labute approximate surface area is 150 Å². The number of phenolic OH excluding ortho intramolecular Hbond substituents is 1. The zero-order valence-corrected chi connectivity index (χ0v) is 15.4. The molecule has 1 aliphatic heterocycles. The third-order valence-corrected chi connectivity index (χ3v) is 4.47. The van der Waals surface area contributed by atoms with Gasteiger partial charge in [-0.05, 0) is 67.7 Å². The summed E-state index contributed by atoms with van der Waals surface area (Å²) in [6.45, 7) is 15.9. The number of likely N-dealkylation sites (tertiary alicyclic amines) is 1. The minimum atomic E-state index is -0.0497. The normalized spacial score (nSPS) is 18.0. The van der Waals surface area contributed by atoms with Crippen LogP contribution < -0.4 is 0 Å². The predicted molar refractivity (Wildman–Crippen MR) is 104 cm³/mol. The Hall–Kier alpha value is -2.81. The van der Waals surface area contributed by atoms with Crippen LogP contribution in [0.2, 0.25) is 0 Å². The Bertz CT molecular complexity index is 838. The van der Waals surface area contributed by atoms with Crippen LogP contribution in [-0.2, 0) is 4.79 Å². The van der Waals surface area contributed by atoms with Gasteiger partial charge in [-0.1, -0.05) is 37.4 Å². The van der Waals surface area contributed by atoms with Crippen LogP contribution in [0.25, 0.3) is 5.57 Å². The number of carbonyl (C=O) groups excluding carboxylic acids is 1.